The quantitative estimate of drug-likeness (QED) is 0.933. The molecule has 1 aromatic heterocycles. The van der Waals surface area contributed by atoms with Gasteiger partial charge >= 0.3 is 0 Å². The van der Waals surface area contributed by atoms with Gasteiger partial charge in [0.2, 0.25) is 0 Å². The van der Waals surface area contributed by atoms with E-state index in [9.17, 15) is 0 Å². The Morgan fingerprint density at radius 1 is 1.26 bits per heavy atom. The first-order chi connectivity index (χ1) is 9.27. The molecule has 1 aliphatic carbocycles. The standard InChI is InChI=1S/C15H18ClN3/c16-13-6-2-1-5-12(13)14-9-18-11-19(14)15(10-17)7-3-4-8-15/h1-2,5-6,9,11H,3-4,7-8,10,17H2. The van der Waals surface area contributed by atoms with Gasteiger partial charge in [-0.25, -0.2) is 4.98 Å². The number of aromatic nitrogens is 2. The van der Waals surface area contributed by atoms with Crippen LogP contribution in [-0.2, 0) is 5.54 Å². The summed E-state index contributed by atoms with van der Waals surface area (Å²) in [6.07, 6.45) is 8.50. The predicted molar refractivity (Wildman–Crippen MR) is 78.2 cm³/mol. The van der Waals surface area contributed by atoms with E-state index in [0.29, 0.717) is 6.54 Å². The van der Waals surface area contributed by atoms with Crippen molar-refractivity contribution in [2.75, 3.05) is 6.54 Å². The summed E-state index contributed by atoms with van der Waals surface area (Å²) < 4.78 is 2.24. The molecule has 0 aliphatic heterocycles. The van der Waals surface area contributed by atoms with Gasteiger partial charge < -0.3 is 10.3 Å². The maximum atomic E-state index is 6.31. The summed E-state index contributed by atoms with van der Waals surface area (Å²) in [5.74, 6) is 0. The molecule has 0 amide bonds. The van der Waals surface area contributed by atoms with Gasteiger partial charge in [-0.1, -0.05) is 42.6 Å². The second-order valence-corrected chi connectivity index (χ2v) is 5.67. The zero-order chi connectivity index (χ0) is 13.3. The molecule has 4 heteroatoms. The molecule has 1 saturated carbocycles. The Kier molecular flexibility index (Phi) is 3.33. The van der Waals surface area contributed by atoms with Crippen LogP contribution in [0.2, 0.25) is 5.02 Å². The van der Waals surface area contributed by atoms with Crippen molar-refractivity contribution in [2.45, 2.75) is 31.2 Å². The highest BCUT2D eigenvalue weighted by atomic mass is 35.5. The van der Waals surface area contributed by atoms with E-state index in [1.165, 1.54) is 12.8 Å². The number of imidazole rings is 1. The van der Waals surface area contributed by atoms with Crippen LogP contribution in [-0.4, -0.2) is 16.1 Å². The Morgan fingerprint density at radius 2 is 2.00 bits per heavy atom. The van der Waals surface area contributed by atoms with E-state index in [2.05, 4.69) is 9.55 Å². The summed E-state index contributed by atoms with van der Waals surface area (Å²) in [5.41, 5.74) is 8.18. The van der Waals surface area contributed by atoms with Gasteiger partial charge in [0, 0.05) is 17.1 Å². The lowest BCUT2D eigenvalue weighted by Gasteiger charge is -2.31. The van der Waals surface area contributed by atoms with Crippen molar-refractivity contribution in [3.63, 3.8) is 0 Å². The second kappa shape index (κ2) is 4.99. The van der Waals surface area contributed by atoms with Crippen molar-refractivity contribution < 1.29 is 0 Å². The molecule has 0 spiro atoms. The number of hydrogen-bond acceptors (Lipinski definition) is 2. The molecule has 0 bridgehead atoms. The zero-order valence-corrected chi connectivity index (χ0v) is 11.6. The van der Waals surface area contributed by atoms with Crippen LogP contribution in [0.4, 0.5) is 0 Å². The van der Waals surface area contributed by atoms with Crippen LogP contribution < -0.4 is 5.73 Å². The Morgan fingerprint density at radius 3 is 2.68 bits per heavy atom. The summed E-state index contributed by atoms with van der Waals surface area (Å²) >= 11 is 6.31. The highest BCUT2D eigenvalue weighted by molar-refractivity contribution is 6.33. The van der Waals surface area contributed by atoms with Gasteiger partial charge in [0.15, 0.2) is 0 Å². The van der Waals surface area contributed by atoms with E-state index in [1.54, 1.807) is 0 Å². The lowest BCUT2D eigenvalue weighted by molar-refractivity contribution is 0.307. The monoisotopic (exact) mass is 275 g/mol. The van der Waals surface area contributed by atoms with Crippen molar-refractivity contribution >= 4 is 11.6 Å². The summed E-state index contributed by atoms with van der Waals surface area (Å²) in [4.78, 5) is 4.33. The van der Waals surface area contributed by atoms with Crippen molar-refractivity contribution in [2.24, 2.45) is 5.73 Å². The zero-order valence-electron chi connectivity index (χ0n) is 10.8. The molecule has 0 radical (unpaired) electrons. The van der Waals surface area contributed by atoms with Gasteiger partial charge in [0.25, 0.3) is 0 Å². The van der Waals surface area contributed by atoms with Crippen molar-refractivity contribution in [1.82, 2.24) is 9.55 Å². The SMILES string of the molecule is NCC1(n2cncc2-c2ccccc2Cl)CCCC1. The topological polar surface area (TPSA) is 43.8 Å². The maximum Gasteiger partial charge on any atom is 0.0956 e. The first-order valence-electron chi connectivity index (χ1n) is 6.75. The Bertz CT molecular complexity index is 570. The number of hydrogen-bond donors (Lipinski definition) is 1. The van der Waals surface area contributed by atoms with Crippen LogP contribution >= 0.6 is 11.6 Å². The third kappa shape index (κ3) is 2.07. The van der Waals surface area contributed by atoms with Gasteiger partial charge in [-0.15, -0.1) is 0 Å². The molecular weight excluding hydrogens is 258 g/mol. The van der Waals surface area contributed by atoms with Gasteiger partial charge in [-0.2, -0.15) is 0 Å². The first-order valence-corrected chi connectivity index (χ1v) is 7.12. The van der Waals surface area contributed by atoms with Crippen molar-refractivity contribution in [3.8, 4) is 11.3 Å². The molecule has 0 saturated heterocycles. The van der Waals surface area contributed by atoms with E-state index in [4.69, 9.17) is 17.3 Å². The fraction of sp³-hybridized carbons (Fsp3) is 0.400. The molecule has 2 aromatic rings. The highest BCUT2D eigenvalue weighted by Gasteiger charge is 2.35. The van der Waals surface area contributed by atoms with E-state index in [-0.39, 0.29) is 5.54 Å². The van der Waals surface area contributed by atoms with Crippen molar-refractivity contribution in [1.29, 1.82) is 0 Å². The molecule has 2 N–H and O–H groups in total. The van der Waals surface area contributed by atoms with Gasteiger partial charge in [0.05, 0.1) is 23.8 Å². The Balaban J connectivity index is 2.11. The number of halogens is 1. The Labute approximate surface area is 118 Å². The third-order valence-corrected chi connectivity index (χ3v) is 4.54. The average Bonchev–Trinajstić information content (AvgIpc) is 3.08. The smallest absolute Gasteiger partial charge is 0.0956 e. The lowest BCUT2D eigenvalue weighted by Crippen LogP contribution is -2.38. The van der Waals surface area contributed by atoms with Crippen LogP contribution in [0.5, 0.6) is 0 Å². The van der Waals surface area contributed by atoms with Crippen LogP contribution in [0, 0.1) is 0 Å². The molecule has 0 unspecified atom stereocenters. The highest BCUT2D eigenvalue weighted by Crippen LogP contribution is 2.39. The van der Waals surface area contributed by atoms with Gasteiger partial charge in [-0.3, -0.25) is 0 Å². The number of nitrogens with zero attached hydrogens (tertiary/aromatic N) is 2. The third-order valence-electron chi connectivity index (χ3n) is 4.21. The molecule has 1 aliphatic rings. The minimum atomic E-state index is 0.0189. The van der Waals surface area contributed by atoms with Gasteiger partial charge in [0.1, 0.15) is 0 Å². The summed E-state index contributed by atoms with van der Waals surface area (Å²) in [6.45, 7) is 0.654. The van der Waals surface area contributed by atoms with E-state index in [1.807, 2.05) is 36.8 Å². The molecule has 3 nitrogen and oxygen atoms in total. The normalized spacial score (nSPS) is 17.8. The molecule has 19 heavy (non-hydrogen) atoms. The van der Waals surface area contributed by atoms with Crippen molar-refractivity contribution in [3.05, 3.63) is 41.8 Å². The van der Waals surface area contributed by atoms with Crippen LogP contribution in [0.1, 0.15) is 25.7 Å². The summed E-state index contributed by atoms with van der Waals surface area (Å²) in [6, 6.07) is 7.90. The summed E-state index contributed by atoms with van der Waals surface area (Å²) in [5, 5.41) is 0.759. The molecular formula is C15H18ClN3. The molecule has 100 valence electrons. The van der Waals surface area contributed by atoms with E-state index >= 15 is 0 Å². The number of nitrogens with two attached hydrogens (primary N) is 1. The average molecular weight is 276 g/mol. The molecule has 3 rings (SSSR count). The summed E-state index contributed by atoms with van der Waals surface area (Å²) in [7, 11) is 0. The van der Waals surface area contributed by atoms with E-state index < -0.39 is 0 Å². The minimum absolute atomic E-state index is 0.0189. The fourth-order valence-electron chi connectivity index (χ4n) is 3.12. The maximum absolute atomic E-state index is 6.31. The van der Waals surface area contributed by atoms with Crippen LogP contribution in [0.25, 0.3) is 11.3 Å². The van der Waals surface area contributed by atoms with E-state index in [0.717, 1.165) is 29.1 Å². The number of rotatable bonds is 3. The largest absolute Gasteiger partial charge is 0.328 e. The number of benzene rings is 1. The first kappa shape index (κ1) is 12.7. The molecule has 1 fully saturated rings. The van der Waals surface area contributed by atoms with Crippen LogP contribution in [0.3, 0.4) is 0 Å². The van der Waals surface area contributed by atoms with Crippen LogP contribution in [0.15, 0.2) is 36.8 Å². The fourth-order valence-corrected chi connectivity index (χ4v) is 3.35. The molecule has 0 atom stereocenters. The second-order valence-electron chi connectivity index (χ2n) is 5.26. The predicted octanol–water partition coefficient (Wildman–Crippen LogP) is 3.43. The molecule has 1 heterocycles. The molecule has 1 aromatic carbocycles. The lowest BCUT2D eigenvalue weighted by atomic mass is 9.96. The minimum Gasteiger partial charge on any atom is -0.328 e. The van der Waals surface area contributed by atoms with Gasteiger partial charge in [-0.05, 0) is 18.9 Å². The Hall–Kier alpha value is -1.32.